The number of ether oxygens (including phenoxy) is 2. The van der Waals surface area contributed by atoms with E-state index in [4.69, 9.17) is 9.47 Å². The number of methoxy groups -OCH3 is 2. The fraction of sp³-hybridized carbons (Fsp3) is 0.333. The quantitative estimate of drug-likeness (QED) is 0.673. The maximum absolute atomic E-state index is 5.15. The van der Waals surface area contributed by atoms with Crippen LogP contribution in [-0.2, 0) is 12.8 Å². The summed E-state index contributed by atoms with van der Waals surface area (Å²) in [6, 6.07) is 16.5. The van der Waals surface area contributed by atoms with Gasteiger partial charge in [0.2, 0.25) is 0 Å². The molecule has 0 radical (unpaired) electrons. The third kappa shape index (κ3) is 6.08. The van der Waals surface area contributed by atoms with Gasteiger partial charge in [0, 0.05) is 0 Å². The van der Waals surface area contributed by atoms with E-state index >= 15 is 0 Å². The number of nitrogens with one attached hydrogen (secondary N) is 1. The summed E-state index contributed by atoms with van der Waals surface area (Å²) in [7, 11) is 3.38. The van der Waals surface area contributed by atoms with Crippen molar-refractivity contribution >= 4 is 0 Å². The lowest BCUT2D eigenvalue weighted by molar-refractivity contribution is -0.00000498. The largest absolute Gasteiger partial charge is 1.00 e. The fourth-order valence-electron chi connectivity index (χ4n) is 2.17. The van der Waals surface area contributed by atoms with Gasteiger partial charge in [-0.2, -0.15) is 0 Å². The van der Waals surface area contributed by atoms with Crippen LogP contribution in [-0.4, -0.2) is 27.3 Å². The topological polar surface area (TPSA) is 30.5 Å². The number of halogens is 1. The first-order valence-electron chi connectivity index (χ1n) is 7.28. The van der Waals surface area contributed by atoms with Crippen LogP contribution in [0.5, 0.6) is 11.5 Å². The number of benzene rings is 2. The molecule has 0 heterocycles. The lowest BCUT2D eigenvalue weighted by Gasteiger charge is -2.07. The molecule has 2 rings (SSSR count). The molecule has 0 spiro atoms. The van der Waals surface area contributed by atoms with Gasteiger partial charge in [-0.3, -0.25) is 0 Å². The number of hydrogen-bond acceptors (Lipinski definition) is 3. The molecule has 0 fully saturated rings. The summed E-state index contributed by atoms with van der Waals surface area (Å²) in [5.74, 6) is 1.82. The van der Waals surface area contributed by atoms with E-state index in [1.807, 2.05) is 24.3 Å². The normalized spacial score (nSPS) is 9.91. The van der Waals surface area contributed by atoms with Gasteiger partial charge < -0.3 is 31.8 Å². The zero-order valence-corrected chi connectivity index (χ0v) is 14.7. The van der Waals surface area contributed by atoms with Crippen molar-refractivity contribution in [1.82, 2.24) is 5.32 Å². The highest BCUT2D eigenvalue weighted by molar-refractivity contribution is 5.28. The average molecular weight is 365 g/mol. The molecule has 0 aliphatic carbocycles. The maximum atomic E-state index is 5.15. The van der Waals surface area contributed by atoms with Crippen molar-refractivity contribution in [1.29, 1.82) is 0 Å². The Bertz CT molecular complexity index is 476. The first-order valence-corrected chi connectivity index (χ1v) is 7.28. The minimum absolute atomic E-state index is 0. The summed E-state index contributed by atoms with van der Waals surface area (Å²) in [5.41, 5.74) is 2.65. The van der Waals surface area contributed by atoms with E-state index in [0.29, 0.717) is 0 Å². The summed E-state index contributed by atoms with van der Waals surface area (Å²) >= 11 is 0. The van der Waals surface area contributed by atoms with Crippen LogP contribution in [0, 0.1) is 0 Å². The zero-order chi connectivity index (χ0) is 14.9. The third-order valence-corrected chi connectivity index (χ3v) is 3.50. The Kier molecular flexibility index (Phi) is 8.63. The summed E-state index contributed by atoms with van der Waals surface area (Å²) < 4.78 is 10.3. The molecule has 120 valence electrons. The predicted octanol–water partition coefficient (Wildman–Crippen LogP) is 0.0826. The molecule has 0 unspecified atom stereocenters. The van der Waals surface area contributed by atoms with Gasteiger partial charge in [-0.05, 0) is 61.3 Å². The second kappa shape index (κ2) is 10.2. The first kappa shape index (κ1) is 18.5. The monoisotopic (exact) mass is 364 g/mol. The molecule has 0 aromatic heterocycles. The van der Waals surface area contributed by atoms with Crippen LogP contribution in [0.2, 0.25) is 0 Å². The van der Waals surface area contributed by atoms with E-state index in [2.05, 4.69) is 29.6 Å². The van der Waals surface area contributed by atoms with Gasteiger partial charge in [0.1, 0.15) is 11.5 Å². The molecule has 0 amide bonds. The van der Waals surface area contributed by atoms with Gasteiger partial charge in [-0.1, -0.05) is 24.3 Å². The van der Waals surface area contributed by atoms with E-state index < -0.39 is 0 Å². The molecule has 0 atom stereocenters. The molecular formula is C18H23BrNO2-. The molecule has 2 aromatic rings. The molecule has 0 aliphatic rings. The van der Waals surface area contributed by atoms with Crippen molar-refractivity contribution < 1.29 is 26.5 Å². The van der Waals surface area contributed by atoms with Crippen LogP contribution < -0.4 is 31.8 Å². The Morgan fingerprint density at radius 3 is 1.36 bits per heavy atom. The highest BCUT2D eigenvalue weighted by Gasteiger charge is 1.96. The van der Waals surface area contributed by atoms with Gasteiger partial charge in [-0.25, -0.2) is 0 Å². The van der Waals surface area contributed by atoms with Gasteiger partial charge in [0.15, 0.2) is 0 Å². The highest BCUT2D eigenvalue weighted by atomic mass is 79.9. The van der Waals surface area contributed by atoms with Crippen molar-refractivity contribution in [3.05, 3.63) is 59.7 Å². The van der Waals surface area contributed by atoms with E-state index in [9.17, 15) is 0 Å². The molecule has 4 heteroatoms. The summed E-state index contributed by atoms with van der Waals surface area (Å²) in [4.78, 5) is 0. The Balaban J connectivity index is 0.00000242. The van der Waals surface area contributed by atoms with Crippen molar-refractivity contribution in [3.8, 4) is 11.5 Å². The fourth-order valence-corrected chi connectivity index (χ4v) is 2.17. The second-order valence-corrected chi connectivity index (χ2v) is 4.95. The van der Waals surface area contributed by atoms with Crippen LogP contribution in [0.25, 0.3) is 0 Å². The summed E-state index contributed by atoms with van der Waals surface area (Å²) in [6.07, 6.45) is 2.07. The molecule has 2 aromatic carbocycles. The van der Waals surface area contributed by atoms with Crippen LogP contribution in [0.15, 0.2) is 48.5 Å². The van der Waals surface area contributed by atoms with E-state index in [-0.39, 0.29) is 17.0 Å². The van der Waals surface area contributed by atoms with Crippen LogP contribution in [0.4, 0.5) is 0 Å². The van der Waals surface area contributed by atoms with E-state index in [0.717, 1.165) is 37.4 Å². The van der Waals surface area contributed by atoms with Crippen molar-refractivity contribution in [2.45, 2.75) is 12.8 Å². The molecule has 0 saturated carbocycles. The Labute approximate surface area is 143 Å². The maximum Gasteiger partial charge on any atom is 0.118 e. The molecule has 0 aliphatic heterocycles. The minimum atomic E-state index is 0. The lowest BCUT2D eigenvalue weighted by Crippen LogP contribution is -3.00. The molecular weight excluding hydrogens is 342 g/mol. The standard InChI is InChI=1S/C18H23NO2.BrH/c1-20-17-7-3-15(4-8-17)11-13-19-14-12-16-5-9-18(21-2)10-6-16;/h3-10,19H,11-14H2,1-2H3;1H/p-1. The van der Waals surface area contributed by atoms with Gasteiger partial charge in [-0.15, -0.1) is 0 Å². The first-order chi connectivity index (χ1) is 10.3. The van der Waals surface area contributed by atoms with Gasteiger partial charge in [0.05, 0.1) is 14.2 Å². The molecule has 3 nitrogen and oxygen atoms in total. The molecule has 1 N–H and O–H groups in total. The Hall–Kier alpha value is -1.52. The number of hydrogen-bond donors (Lipinski definition) is 1. The van der Waals surface area contributed by atoms with Crippen molar-refractivity contribution in [2.24, 2.45) is 0 Å². The molecule has 0 bridgehead atoms. The predicted molar refractivity (Wildman–Crippen MR) is 86.3 cm³/mol. The Morgan fingerprint density at radius 1 is 0.682 bits per heavy atom. The lowest BCUT2D eigenvalue weighted by atomic mass is 10.1. The van der Waals surface area contributed by atoms with Crippen LogP contribution >= 0.6 is 0 Å². The Morgan fingerprint density at radius 2 is 1.05 bits per heavy atom. The zero-order valence-electron chi connectivity index (χ0n) is 13.1. The smallest absolute Gasteiger partial charge is 0.118 e. The van der Waals surface area contributed by atoms with Crippen molar-refractivity contribution in [2.75, 3.05) is 27.3 Å². The molecule has 22 heavy (non-hydrogen) atoms. The van der Waals surface area contributed by atoms with E-state index in [1.54, 1.807) is 14.2 Å². The van der Waals surface area contributed by atoms with Crippen molar-refractivity contribution in [3.63, 3.8) is 0 Å². The van der Waals surface area contributed by atoms with E-state index in [1.165, 1.54) is 11.1 Å². The van der Waals surface area contributed by atoms with Crippen LogP contribution in [0.1, 0.15) is 11.1 Å². The average Bonchev–Trinajstić information content (AvgIpc) is 2.55. The summed E-state index contributed by atoms with van der Waals surface area (Å²) in [5, 5.41) is 3.48. The van der Waals surface area contributed by atoms with Gasteiger partial charge >= 0.3 is 0 Å². The minimum Gasteiger partial charge on any atom is -1.00 e. The van der Waals surface area contributed by atoms with Gasteiger partial charge in [0.25, 0.3) is 0 Å². The SMILES string of the molecule is COc1ccc(CCNCCc2ccc(OC)cc2)cc1.[Br-]. The third-order valence-electron chi connectivity index (χ3n) is 3.50. The number of rotatable bonds is 8. The highest BCUT2D eigenvalue weighted by Crippen LogP contribution is 2.12. The molecule has 0 saturated heterocycles. The van der Waals surface area contributed by atoms with Crippen LogP contribution in [0.3, 0.4) is 0 Å². The second-order valence-electron chi connectivity index (χ2n) is 4.95. The summed E-state index contributed by atoms with van der Waals surface area (Å²) in [6.45, 7) is 1.98.